The summed E-state index contributed by atoms with van der Waals surface area (Å²) in [4.78, 5) is 121. The molecule has 2 N–H and O–H groups in total. The number of nitrogens with zero attached hydrogens (tertiary/aromatic N) is 5. The number of nitrogens with one attached hydrogen (secondary N) is 2. The van der Waals surface area contributed by atoms with Gasteiger partial charge < -0.3 is 25.0 Å². The minimum Gasteiger partial charge on any atom is -0.492 e. The van der Waals surface area contributed by atoms with Gasteiger partial charge in [-0.2, -0.15) is 0 Å². The molecule has 6 amide bonds. The molecule has 316 valence electrons. The fraction of sp³-hybridized carbons (Fsp3) is 0.615. The highest BCUT2D eigenvalue weighted by molar-refractivity contribution is 6.03. The zero-order chi connectivity index (χ0) is 42.1. The van der Waals surface area contributed by atoms with Crippen LogP contribution in [0, 0.1) is 0 Å². The van der Waals surface area contributed by atoms with E-state index in [1.807, 2.05) is 0 Å². The van der Waals surface area contributed by atoms with Gasteiger partial charge >= 0.3 is 11.9 Å². The van der Waals surface area contributed by atoms with E-state index in [0.717, 1.165) is 32.1 Å². The van der Waals surface area contributed by atoms with Gasteiger partial charge in [0.15, 0.2) is 5.78 Å². The number of benzene rings is 1. The Bertz CT molecular complexity index is 1660. The second-order valence-corrected chi connectivity index (χ2v) is 13.9. The molecule has 3 rings (SSSR count). The number of azide groups is 1. The highest BCUT2D eigenvalue weighted by Gasteiger charge is 2.33. The van der Waals surface area contributed by atoms with Crippen molar-refractivity contribution in [1.82, 2.24) is 20.8 Å². The highest BCUT2D eigenvalue weighted by atomic mass is 16.7. The molecule has 1 aromatic carbocycles. The lowest BCUT2D eigenvalue weighted by atomic mass is 10.0. The zero-order valence-electron chi connectivity index (χ0n) is 32.8. The SMILES string of the molecule is [N-]=[N+]=NCCCCCC(=O)NCCOc1cc(C(=O)CCCCCCCCC(=O)ON2C(=O)CCC2=O)cc(C(=O)NCCCCCC(=O)ON2C(=O)CCC2=O)c1. The summed E-state index contributed by atoms with van der Waals surface area (Å²) >= 11 is 0. The topological polar surface area (TPSA) is 261 Å². The van der Waals surface area contributed by atoms with Gasteiger partial charge in [-0.1, -0.05) is 43.6 Å². The summed E-state index contributed by atoms with van der Waals surface area (Å²) in [5.41, 5.74) is 8.85. The van der Waals surface area contributed by atoms with Crippen molar-refractivity contribution in [3.05, 3.63) is 39.8 Å². The number of hydrogen-bond donors (Lipinski definition) is 2. The van der Waals surface area contributed by atoms with Crippen LogP contribution in [-0.2, 0) is 43.2 Å². The van der Waals surface area contributed by atoms with E-state index in [9.17, 15) is 43.2 Å². The maximum Gasteiger partial charge on any atom is 0.333 e. The van der Waals surface area contributed by atoms with Gasteiger partial charge in [0, 0.05) is 80.5 Å². The molecular formula is C39H53N7O12. The average molecular weight is 812 g/mol. The largest absolute Gasteiger partial charge is 0.492 e. The van der Waals surface area contributed by atoms with Crippen molar-refractivity contribution in [3.63, 3.8) is 0 Å². The third-order valence-electron chi connectivity index (χ3n) is 9.18. The molecule has 0 aromatic heterocycles. The van der Waals surface area contributed by atoms with Gasteiger partial charge in [0.1, 0.15) is 12.4 Å². The summed E-state index contributed by atoms with van der Waals surface area (Å²) in [7, 11) is 0. The molecule has 0 bridgehead atoms. The number of ether oxygens (including phenoxy) is 1. The Morgan fingerprint density at radius 3 is 1.69 bits per heavy atom. The molecule has 0 radical (unpaired) electrons. The van der Waals surface area contributed by atoms with Crippen molar-refractivity contribution < 1.29 is 57.6 Å². The van der Waals surface area contributed by atoms with Gasteiger partial charge in [0.2, 0.25) is 5.91 Å². The quantitative estimate of drug-likeness (QED) is 0.0274. The summed E-state index contributed by atoms with van der Waals surface area (Å²) in [6.07, 6.45) is 8.61. The first-order valence-corrected chi connectivity index (χ1v) is 20.0. The van der Waals surface area contributed by atoms with Crippen molar-refractivity contribution in [2.45, 2.75) is 128 Å². The fourth-order valence-electron chi connectivity index (χ4n) is 6.00. The van der Waals surface area contributed by atoms with Crippen molar-refractivity contribution in [2.24, 2.45) is 5.11 Å². The van der Waals surface area contributed by atoms with E-state index in [-0.39, 0.29) is 87.6 Å². The first-order chi connectivity index (χ1) is 28.0. The number of rotatable bonds is 29. The lowest BCUT2D eigenvalue weighted by Crippen LogP contribution is -2.31. The van der Waals surface area contributed by atoms with E-state index in [1.54, 1.807) is 6.07 Å². The van der Waals surface area contributed by atoms with Crippen molar-refractivity contribution in [1.29, 1.82) is 0 Å². The van der Waals surface area contributed by atoms with E-state index >= 15 is 0 Å². The third kappa shape index (κ3) is 17.5. The molecule has 1 aromatic rings. The molecule has 2 heterocycles. The minimum absolute atomic E-state index is 0.00129. The van der Waals surface area contributed by atoms with Crippen LogP contribution in [0.15, 0.2) is 23.3 Å². The highest BCUT2D eigenvalue weighted by Crippen LogP contribution is 2.21. The van der Waals surface area contributed by atoms with Gasteiger partial charge in [0.05, 0.1) is 6.54 Å². The number of hydroxylamine groups is 4. The van der Waals surface area contributed by atoms with Crippen LogP contribution in [0.5, 0.6) is 5.75 Å². The van der Waals surface area contributed by atoms with Gasteiger partial charge in [-0.05, 0) is 62.3 Å². The van der Waals surface area contributed by atoms with Crippen LogP contribution in [-0.4, -0.2) is 89.5 Å². The molecule has 0 unspecified atom stereocenters. The Morgan fingerprint density at radius 2 is 1.10 bits per heavy atom. The monoisotopic (exact) mass is 811 g/mol. The standard InChI is InChI=1S/C39H53N7O12/c40-44-43-22-12-5-8-14-32(48)41-23-24-56-30-26-28(31(47)13-7-3-1-2-4-9-15-37(53)57-45-33(49)17-18-34(45)50)25-29(27-30)39(55)42-21-11-6-10-16-38(54)58-46-35(51)19-20-36(46)52/h25-27H,1-24H2,(H,41,48)(H,42,55). The number of amides is 6. The van der Waals surface area contributed by atoms with Crippen LogP contribution < -0.4 is 15.4 Å². The fourth-order valence-corrected chi connectivity index (χ4v) is 6.00. The summed E-state index contributed by atoms with van der Waals surface area (Å²) < 4.78 is 5.84. The van der Waals surface area contributed by atoms with Gasteiger partial charge in [-0.3, -0.25) is 33.6 Å². The zero-order valence-corrected chi connectivity index (χ0v) is 32.8. The van der Waals surface area contributed by atoms with Crippen molar-refractivity contribution in [3.8, 4) is 5.75 Å². The molecule has 0 aliphatic carbocycles. The molecule has 0 atom stereocenters. The molecule has 2 fully saturated rings. The second kappa shape index (κ2) is 26.1. The summed E-state index contributed by atoms with van der Waals surface area (Å²) in [5.74, 6) is -3.91. The Kier molecular flexibility index (Phi) is 21.0. The van der Waals surface area contributed by atoms with Crippen LogP contribution >= 0.6 is 0 Å². The smallest absolute Gasteiger partial charge is 0.333 e. The van der Waals surface area contributed by atoms with Crippen molar-refractivity contribution in [2.75, 3.05) is 26.2 Å². The number of carbonyl (C=O) groups excluding carboxylic acids is 9. The van der Waals surface area contributed by atoms with E-state index in [1.165, 1.54) is 12.1 Å². The first kappa shape index (κ1) is 46.5. The lowest BCUT2D eigenvalue weighted by Gasteiger charge is -2.13. The van der Waals surface area contributed by atoms with Crippen molar-refractivity contribution >= 4 is 53.2 Å². The Balaban J connectivity index is 1.42. The van der Waals surface area contributed by atoms with Crippen LogP contribution in [0.25, 0.3) is 10.4 Å². The van der Waals surface area contributed by atoms with E-state index in [2.05, 4.69) is 20.7 Å². The average Bonchev–Trinajstić information content (AvgIpc) is 3.70. The third-order valence-corrected chi connectivity index (χ3v) is 9.18. The van der Waals surface area contributed by atoms with E-state index in [0.29, 0.717) is 73.6 Å². The Hall–Kier alpha value is -5.84. The maximum atomic E-state index is 13.3. The maximum absolute atomic E-state index is 13.3. The molecule has 2 aliphatic rings. The molecule has 0 saturated carbocycles. The molecular weight excluding hydrogens is 758 g/mol. The number of unbranched alkanes of at least 4 members (excludes halogenated alkanes) is 9. The van der Waals surface area contributed by atoms with Gasteiger partial charge in [-0.15, -0.1) is 10.1 Å². The normalized spacial score (nSPS) is 13.7. The van der Waals surface area contributed by atoms with Crippen LogP contribution in [0.3, 0.4) is 0 Å². The Labute approximate surface area is 336 Å². The van der Waals surface area contributed by atoms with E-state index in [4.69, 9.17) is 19.9 Å². The number of hydrogen-bond acceptors (Lipinski definition) is 13. The van der Waals surface area contributed by atoms with Gasteiger partial charge in [0.25, 0.3) is 29.5 Å². The van der Waals surface area contributed by atoms with E-state index < -0.39 is 41.5 Å². The number of carbonyl (C=O) groups is 9. The molecule has 2 aliphatic heterocycles. The summed E-state index contributed by atoms with van der Waals surface area (Å²) in [5, 5.41) is 10.1. The number of Topliss-reactive ketones (excluding diaryl/α,β-unsaturated/α-hetero) is 1. The molecule has 19 nitrogen and oxygen atoms in total. The second-order valence-electron chi connectivity index (χ2n) is 13.9. The molecule has 0 spiro atoms. The first-order valence-electron chi connectivity index (χ1n) is 20.0. The summed E-state index contributed by atoms with van der Waals surface area (Å²) in [6.45, 7) is 0.963. The van der Waals surface area contributed by atoms with Gasteiger partial charge in [-0.25, -0.2) is 9.59 Å². The predicted octanol–water partition coefficient (Wildman–Crippen LogP) is 4.86. The predicted molar refractivity (Wildman–Crippen MR) is 204 cm³/mol. The number of imide groups is 2. The van der Waals surface area contributed by atoms with Crippen LogP contribution in [0.1, 0.15) is 149 Å². The number of ketones is 1. The lowest BCUT2D eigenvalue weighted by molar-refractivity contribution is -0.197. The molecule has 19 heteroatoms. The molecule has 2 saturated heterocycles. The molecule has 58 heavy (non-hydrogen) atoms. The van der Waals surface area contributed by atoms with Crippen LogP contribution in [0.4, 0.5) is 0 Å². The Morgan fingerprint density at radius 1 is 0.603 bits per heavy atom. The van der Waals surface area contributed by atoms with Crippen LogP contribution in [0.2, 0.25) is 0 Å². The summed E-state index contributed by atoms with van der Waals surface area (Å²) in [6, 6.07) is 4.59. The minimum atomic E-state index is -0.687.